The molecule has 0 fully saturated rings. The molecule has 0 bridgehead atoms. The lowest BCUT2D eigenvalue weighted by atomic mass is 9.65. The van der Waals surface area contributed by atoms with Gasteiger partial charge < -0.3 is 9.80 Å². The Balaban J connectivity index is 1.38. The second kappa shape index (κ2) is 14.0. The van der Waals surface area contributed by atoms with Gasteiger partial charge in [0.05, 0.1) is 5.41 Å². The van der Waals surface area contributed by atoms with Crippen molar-refractivity contribution in [3.05, 3.63) is 239 Å². The first kappa shape index (κ1) is 34.1. The summed E-state index contributed by atoms with van der Waals surface area (Å²) in [6, 6.07) is 71.3. The van der Waals surface area contributed by atoms with E-state index in [1.165, 1.54) is 55.6 Å². The fourth-order valence-electron chi connectivity index (χ4n) is 8.97. The van der Waals surface area contributed by atoms with Crippen LogP contribution in [-0.2, 0) is 5.41 Å². The minimum absolute atomic E-state index is 0.607. The van der Waals surface area contributed by atoms with Gasteiger partial charge in [0, 0.05) is 34.1 Å². The summed E-state index contributed by atoms with van der Waals surface area (Å²) >= 11 is 0. The van der Waals surface area contributed by atoms with Crippen LogP contribution in [0.4, 0.5) is 34.1 Å². The number of benzene rings is 8. The minimum Gasteiger partial charge on any atom is -0.310 e. The van der Waals surface area contributed by atoms with E-state index in [2.05, 4.69) is 232 Å². The third-order valence-electron chi connectivity index (χ3n) is 11.3. The Morgan fingerprint density at radius 1 is 0.291 bits per heavy atom. The molecule has 0 spiro atoms. The molecule has 0 saturated carbocycles. The molecule has 0 heterocycles. The summed E-state index contributed by atoms with van der Waals surface area (Å²) in [6.07, 6.45) is 0. The predicted octanol–water partition coefficient (Wildman–Crippen LogP) is 14.2. The molecule has 2 nitrogen and oxygen atoms in total. The van der Waals surface area contributed by atoms with E-state index in [0.29, 0.717) is 0 Å². The third kappa shape index (κ3) is 5.82. The number of hydrogen-bond acceptors (Lipinski definition) is 2. The first-order valence-electron chi connectivity index (χ1n) is 19.2. The van der Waals surface area contributed by atoms with Crippen LogP contribution in [0.15, 0.2) is 194 Å². The van der Waals surface area contributed by atoms with Crippen molar-refractivity contribution in [2.45, 2.75) is 33.1 Å². The first-order valence-corrected chi connectivity index (χ1v) is 19.2. The molecule has 0 aliphatic heterocycles. The summed E-state index contributed by atoms with van der Waals surface area (Å²) in [6.45, 7) is 8.98. The highest BCUT2D eigenvalue weighted by molar-refractivity contribution is 5.92. The van der Waals surface area contributed by atoms with E-state index in [-0.39, 0.29) is 0 Å². The van der Waals surface area contributed by atoms with Gasteiger partial charge in [-0.3, -0.25) is 0 Å². The van der Waals surface area contributed by atoms with Crippen LogP contribution < -0.4 is 9.80 Å². The standard InChI is InChI=1S/C53H44N2/c1-37-25-31-49(39(3)33-37)53(50-32-26-38(2)34-40(50)4)51-35-45(54(41-17-9-5-10-18-41)42-19-11-6-12-20-42)27-29-47(51)48-30-28-46(36-52(48)53)55(43-21-13-7-14-22-43)44-23-15-8-16-24-44/h5-36H,1-4H3. The van der Waals surface area contributed by atoms with E-state index in [4.69, 9.17) is 0 Å². The van der Waals surface area contributed by atoms with Crippen LogP contribution in [0.1, 0.15) is 44.5 Å². The van der Waals surface area contributed by atoms with Crippen LogP contribution >= 0.6 is 0 Å². The molecule has 2 heteroatoms. The molecule has 0 saturated heterocycles. The smallest absolute Gasteiger partial charge is 0.0720 e. The molecule has 0 atom stereocenters. The number of para-hydroxylation sites is 4. The number of anilines is 6. The largest absolute Gasteiger partial charge is 0.310 e. The van der Waals surface area contributed by atoms with Gasteiger partial charge in [-0.1, -0.05) is 132 Å². The molecular formula is C53H44N2. The molecule has 55 heavy (non-hydrogen) atoms. The van der Waals surface area contributed by atoms with Crippen molar-refractivity contribution < 1.29 is 0 Å². The Bertz CT molecular complexity index is 2360. The molecule has 0 unspecified atom stereocenters. The summed E-state index contributed by atoms with van der Waals surface area (Å²) in [5.41, 5.74) is 18.9. The molecular weight excluding hydrogens is 665 g/mol. The average molecular weight is 709 g/mol. The molecule has 1 aliphatic carbocycles. The highest BCUT2D eigenvalue weighted by Gasteiger charge is 2.48. The lowest BCUT2D eigenvalue weighted by Gasteiger charge is -2.38. The first-order chi connectivity index (χ1) is 26.9. The number of nitrogens with zero attached hydrogens (tertiary/aromatic N) is 2. The fourth-order valence-corrected chi connectivity index (χ4v) is 8.97. The summed E-state index contributed by atoms with van der Waals surface area (Å²) in [4.78, 5) is 4.77. The molecule has 1 aliphatic rings. The zero-order valence-corrected chi connectivity index (χ0v) is 31.9. The van der Waals surface area contributed by atoms with Crippen molar-refractivity contribution in [1.82, 2.24) is 0 Å². The van der Waals surface area contributed by atoms with E-state index in [1.54, 1.807) is 0 Å². The number of rotatable bonds is 8. The fraction of sp³-hybridized carbons (Fsp3) is 0.0943. The Kier molecular flexibility index (Phi) is 8.67. The zero-order valence-electron chi connectivity index (χ0n) is 31.9. The predicted molar refractivity (Wildman–Crippen MR) is 232 cm³/mol. The summed E-state index contributed by atoms with van der Waals surface area (Å²) < 4.78 is 0. The van der Waals surface area contributed by atoms with E-state index >= 15 is 0 Å². The summed E-state index contributed by atoms with van der Waals surface area (Å²) in [7, 11) is 0. The quantitative estimate of drug-likeness (QED) is 0.155. The number of fused-ring (bicyclic) bond motifs is 3. The third-order valence-corrected chi connectivity index (χ3v) is 11.3. The van der Waals surface area contributed by atoms with Crippen LogP contribution in [-0.4, -0.2) is 0 Å². The van der Waals surface area contributed by atoms with Crippen molar-refractivity contribution in [3.8, 4) is 11.1 Å². The molecule has 9 rings (SSSR count). The van der Waals surface area contributed by atoms with Crippen molar-refractivity contribution >= 4 is 34.1 Å². The summed E-state index contributed by atoms with van der Waals surface area (Å²) in [5.74, 6) is 0. The number of hydrogen-bond donors (Lipinski definition) is 0. The van der Waals surface area contributed by atoms with Crippen molar-refractivity contribution in [1.29, 1.82) is 0 Å². The molecule has 266 valence electrons. The van der Waals surface area contributed by atoms with Gasteiger partial charge in [0.25, 0.3) is 0 Å². The van der Waals surface area contributed by atoms with E-state index in [0.717, 1.165) is 34.1 Å². The molecule has 0 aromatic heterocycles. The van der Waals surface area contributed by atoms with Gasteiger partial charge in [0.2, 0.25) is 0 Å². The monoisotopic (exact) mass is 708 g/mol. The van der Waals surface area contributed by atoms with Crippen LogP contribution in [0.3, 0.4) is 0 Å². The lowest BCUT2D eigenvalue weighted by molar-refractivity contribution is 0.753. The number of aryl methyl sites for hydroxylation is 4. The lowest BCUT2D eigenvalue weighted by Crippen LogP contribution is -2.31. The van der Waals surface area contributed by atoms with Crippen LogP contribution in [0.5, 0.6) is 0 Å². The van der Waals surface area contributed by atoms with E-state index < -0.39 is 5.41 Å². The molecule has 0 radical (unpaired) electrons. The molecule has 8 aromatic carbocycles. The normalized spacial score (nSPS) is 12.5. The Morgan fingerprint density at radius 3 is 0.927 bits per heavy atom. The topological polar surface area (TPSA) is 6.48 Å². The SMILES string of the molecule is Cc1ccc(C2(c3ccc(C)cc3C)c3cc(N(c4ccccc4)c4ccccc4)ccc3-c3ccc(N(c4ccccc4)c4ccccc4)cc32)c(C)c1. The maximum atomic E-state index is 2.47. The van der Waals surface area contributed by atoms with Gasteiger partial charge >= 0.3 is 0 Å². The van der Waals surface area contributed by atoms with Crippen LogP contribution in [0.25, 0.3) is 11.1 Å². The molecule has 0 amide bonds. The Labute approximate surface area is 325 Å². The second-order valence-corrected chi connectivity index (χ2v) is 14.9. The van der Waals surface area contributed by atoms with Gasteiger partial charge in [0.15, 0.2) is 0 Å². The van der Waals surface area contributed by atoms with Gasteiger partial charge in [-0.05, 0) is 145 Å². The van der Waals surface area contributed by atoms with Gasteiger partial charge in [-0.15, -0.1) is 0 Å². The van der Waals surface area contributed by atoms with Gasteiger partial charge in [0.1, 0.15) is 0 Å². The van der Waals surface area contributed by atoms with Crippen molar-refractivity contribution in [2.75, 3.05) is 9.80 Å². The van der Waals surface area contributed by atoms with Gasteiger partial charge in [-0.25, -0.2) is 0 Å². The highest BCUT2D eigenvalue weighted by atomic mass is 15.1. The van der Waals surface area contributed by atoms with Crippen LogP contribution in [0.2, 0.25) is 0 Å². The van der Waals surface area contributed by atoms with Crippen molar-refractivity contribution in [2.24, 2.45) is 0 Å². The molecule has 8 aromatic rings. The Hall–Kier alpha value is -6.64. The van der Waals surface area contributed by atoms with E-state index in [9.17, 15) is 0 Å². The molecule has 0 N–H and O–H groups in total. The minimum atomic E-state index is -0.607. The highest BCUT2D eigenvalue weighted by Crippen LogP contribution is 2.59. The maximum absolute atomic E-state index is 2.47. The van der Waals surface area contributed by atoms with Crippen LogP contribution in [0, 0.1) is 27.7 Å². The van der Waals surface area contributed by atoms with Gasteiger partial charge in [-0.2, -0.15) is 0 Å². The maximum Gasteiger partial charge on any atom is 0.0720 e. The Morgan fingerprint density at radius 2 is 0.618 bits per heavy atom. The van der Waals surface area contributed by atoms with E-state index in [1.807, 2.05) is 0 Å². The summed E-state index contributed by atoms with van der Waals surface area (Å²) in [5, 5.41) is 0. The average Bonchev–Trinajstić information content (AvgIpc) is 3.49. The van der Waals surface area contributed by atoms with Crippen molar-refractivity contribution in [3.63, 3.8) is 0 Å². The zero-order chi connectivity index (χ0) is 37.5. The second-order valence-electron chi connectivity index (χ2n) is 14.9.